The van der Waals surface area contributed by atoms with Crippen molar-refractivity contribution in [3.8, 4) is 28.6 Å². The Balaban J connectivity index is 1.77. The van der Waals surface area contributed by atoms with Gasteiger partial charge in [0.1, 0.15) is 6.10 Å². The summed E-state index contributed by atoms with van der Waals surface area (Å²) < 4.78 is 13.0. The fraction of sp³-hybridized carbons (Fsp3) is 0.250. The Morgan fingerprint density at radius 2 is 2.14 bits per heavy atom. The van der Waals surface area contributed by atoms with Crippen LogP contribution in [0.25, 0.3) is 22.2 Å². The van der Waals surface area contributed by atoms with E-state index in [1.807, 2.05) is 26.2 Å². The summed E-state index contributed by atoms with van der Waals surface area (Å²) in [6.45, 7) is 2.34. The van der Waals surface area contributed by atoms with Crippen molar-refractivity contribution in [3.63, 3.8) is 0 Å². The second kappa shape index (κ2) is 6.88. The van der Waals surface area contributed by atoms with Gasteiger partial charge < -0.3 is 19.9 Å². The fourth-order valence-electron chi connectivity index (χ4n) is 3.15. The van der Waals surface area contributed by atoms with Gasteiger partial charge in [-0.2, -0.15) is 5.10 Å². The average Bonchev–Trinajstić information content (AvgIpc) is 3.27. The lowest BCUT2D eigenvalue weighted by Gasteiger charge is -2.16. The summed E-state index contributed by atoms with van der Waals surface area (Å²) in [6.07, 6.45) is 3.08. The van der Waals surface area contributed by atoms with Crippen LogP contribution in [0, 0.1) is 0 Å². The van der Waals surface area contributed by atoms with Crippen LogP contribution < -0.4 is 14.8 Å². The zero-order chi connectivity index (χ0) is 19.8. The predicted octanol–water partition coefficient (Wildman–Crippen LogP) is 2.17. The zero-order valence-electron chi connectivity index (χ0n) is 15.8. The summed E-state index contributed by atoms with van der Waals surface area (Å²) in [5.74, 6) is 0.729. The van der Waals surface area contributed by atoms with Crippen molar-refractivity contribution in [1.29, 1.82) is 0 Å². The molecule has 1 atom stereocenters. The first-order valence-electron chi connectivity index (χ1n) is 8.81. The standard InChI is InChI=1S/C20H20N4O4/c1-11(13-7-19(26)21-9-13)28-20-14-10-24(2)23-16(14)8-15(22-20)12-4-5-17(25)18(6-12)27-3/h4-8,10-11,25H,9H2,1-3H3,(H,21,26)/t11-/m1/s1. The number of methoxy groups -OCH3 is 1. The van der Waals surface area contributed by atoms with Crippen LogP contribution in [-0.4, -0.2) is 45.5 Å². The molecule has 2 aromatic heterocycles. The summed E-state index contributed by atoms with van der Waals surface area (Å²) in [7, 11) is 3.33. The number of fused-ring (bicyclic) bond motifs is 1. The highest BCUT2D eigenvalue weighted by Gasteiger charge is 2.21. The second-order valence-electron chi connectivity index (χ2n) is 6.63. The predicted molar refractivity (Wildman–Crippen MR) is 103 cm³/mol. The molecule has 144 valence electrons. The number of aromatic nitrogens is 3. The molecule has 0 unspecified atom stereocenters. The van der Waals surface area contributed by atoms with E-state index in [-0.39, 0.29) is 17.8 Å². The van der Waals surface area contributed by atoms with E-state index in [0.29, 0.717) is 23.9 Å². The highest BCUT2D eigenvalue weighted by Crippen LogP contribution is 2.34. The highest BCUT2D eigenvalue weighted by molar-refractivity contribution is 5.91. The summed E-state index contributed by atoms with van der Waals surface area (Å²) in [5.41, 5.74) is 3.00. The number of carbonyl (C=O) groups is 1. The normalized spacial score (nSPS) is 14.7. The van der Waals surface area contributed by atoms with E-state index in [4.69, 9.17) is 9.47 Å². The smallest absolute Gasteiger partial charge is 0.244 e. The van der Waals surface area contributed by atoms with Gasteiger partial charge in [0.05, 0.1) is 23.7 Å². The first-order valence-corrected chi connectivity index (χ1v) is 8.81. The molecule has 0 saturated carbocycles. The van der Waals surface area contributed by atoms with Crippen LogP contribution in [0.3, 0.4) is 0 Å². The molecule has 0 fully saturated rings. The molecule has 0 spiro atoms. The monoisotopic (exact) mass is 380 g/mol. The van der Waals surface area contributed by atoms with E-state index >= 15 is 0 Å². The van der Waals surface area contributed by atoms with Gasteiger partial charge >= 0.3 is 0 Å². The lowest BCUT2D eigenvalue weighted by molar-refractivity contribution is -0.115. The molecule has 8 heteroatoms. The third-order valence-corrected chi connectivity index (χ3v) is 4.65. The van der Waals surface area contributed by atoms with Crippen molar-refractivity contribution in [3.05, 3.63) is 42.1 Å². The van der Waals surface area contributed by atoms with E-state index in [2.05, 4.69) is 15.4 Å². The quantitative estimate of drug-likeness (QED) is 0.704. The summed E-state index contributed by atoms with van der Waals surface area (Å²) in [6, 6.07) is 6.88. The van der Waals surface area contributed by atoms with Crippen LogP contribution in [-0.2, 0) is 11.8 Å². The molecular formula is C20H20N4O4. The molecule has 3 heterocycles. The van der Waals surface area contributed by atoms with Gasteiger partial charge in [-0.25, -0.2) is 4.98 Å². The molecule has 1 aliphatic heterocycles. The fourth-order valence-corrected chi connectivity index (χ4v) is 3.15. The van der Waals surface area contributed by atoms with Gasteiger partial charge in [-0.1, -0.05) is 0 Å². The number of amides is 1. The highest BCUT2D eigenvalue weighted by atomic mass is 16.5. The van der Waals surface area contributed by atoms with Crippen LogP contribution >= 0.6 is 0 Å². The van der Waals surface area contributed by atoms with Crippen molar-refractivity contribution in [1.82, 2.24) is 20.1 Å². The van der Waals surface area contributed by atoms with Gasteiger partial charge in [0, 0.05) is 31.4 Å². The van der Waals surface area contributed by atoms with E-state index in [1.165, 1.54) is 7.11 Å². The molecule has 4 rings (SSSR count). The Labute approximate surface area is 161 Å². The number of rotatable bonds is 5. The molecule has 3 aromatic rings. The molecule has 1 aliphatic rings. The van der Waals surface area contributed by atoms with Crippen LogP contribution in [0.15, 0.2) is 42.1 Å². The number of nitrogens with zero attached hydrogens (tertiary/aromatic N) is 3. The van der Waals surface area contributed by atoms with Gasteiger partial charge in [-0.3, -0.25) is 9.48 Å². The minimum atomic E-state index is -0.320. The molecule has 1 amide bonds. The largest absolute Gasteiger partial charge is 0.504 e. The number of phenolic OH excluding ortho intramolecular Hbond substituents is 1. The number of ether oxygens (including phenoxy) is 2. The number of hydrogen-bond acceptors (Lipinski definition) is 6. The first kappa shape index (κ1) is 17.8. The minimum absolute atomic E-state index is 0.0561. The Morgan fingerprint density at radius 3 is 2.86 bits per heavy atom. The van der Waals surface area contributed by atoms with Gasteiger partial charge in [0.25, 0.3) is 0 Å². The third-order valence-electron chi connectivity index (χ3n) is 4.65. The molecule has 0 radical (unpaired) electrons. The van der Waals surface area contributed by atoms with E-state index < -0.39 is 0 Å². The molecule has 2 N–H and O–H groups in total. The van der Waals surface area contributed by atoms with Crippen molar-refractivity contribution in [2.24, 2.45) is 7.05 Å². The topological polar surface area (TPSA) is 98.5 Å². The summed E-state index contributed by atoms with van der Waals surface area (Å²) >= 11 is 0. The van der Waals surface area contributed by atoms with Crippen molar-refractivity contribution < 1.29 is 19.4 Å². The molecule has 8 nitrogen and oxygen atoms in total. The minimum Gasteiger partial charge on any atom is -0.504 e. The SMILES string of the molecule is COc1cc(-c2cc3nn(C)cc3c(O[C@H](C)C3=CC(=O)NC3)n2)ccc1O. The molecule has 28 heavy (non-hydrogen) atoms. The molecule has 0 bridgehead atoms. The number of benzene rings is 1. The van der Waals surface area contributed by atoms with Gasteiger partial charge in [-0.05, 0) is 36.8 Å². The molecule has 1 aromatic carbocycles. The lowest BCUT2D eigenvalue weighted by Crippen LogP contribution is -2.21. The molecular weight excluding hydrogens is 360 g/mol. The molecule has 0 saturated heterocycles. The Bertz CT molecular complexity index is 1100. The van der Waals surface area contributed by atoms with Crippen molar-refractivity contribution >= 4 is 16.8 Å². The van der Waals surface area contributed by atoms with Crippen LogP contribution in [0.5, 0.6) is 17.4 Å². The van der Waals surface area contributed by atoms with Gasteiger partial charge in [0.2, 0.25) is 11.8 Å². The van der Waals surface area contributed by atoms with Gasteiger partial charge in [-0.15, -0.1) is 0 Å². The Morgan fingerprint density at radius 1 is 1.32 bits per heavy atom. The summed E-state index contributed by atoms with van der Waals surface area (Å²) in [4.78, 5) is 16.1. The first-order chi connectivity index (χ1) is 13.4. The summed E-state index contributed by atoms with van der Waals surface area (Å²) in [5, 5.41) is 17.8. The van der Waals surface area contributed by atoms with Crippen molar-refractivity contribution in [2.75, 3.05) is 13.7 Å². The van der Waals surface area contributed by atoms with E-state index in [9.17, 15) is 9.90 Å². The van der Waals surface area contributed by atoms with Crippen LogP contribution in [0.1, 0.15) is 6.92 Å². The van der Waals surface area contributed by atoms with E-state index in [0.717, 1.165) is 22.0 Å². The maximum atomic E-state index is 11.4. The maximum absolute atomic E-state index is 11.4. The second-order valence-corrected chi connectivity index (χ2v) is 6.63. The number of aromatic hydroxyl groups is 1. The van der Waals surface area contributed by atoms with Gasteiger partial charge in [0.15, 0.2) is 11.5 Å². The van der Waals surface area contributed by atoms with Crippen molar-refractivity contribution in [2.45, 2.75) is 13.0 Å². The van der Waals surface area contributed by atoms with Crippen LogP contribution in [0.4, 0.5) is 0 Å². The third kappa shape index (κ3) is 3.24. The maximum Gasteiger partial charge on any atom is 0.244 e. The number of phenols is 1. The number of pyridine rings is 1. The Kier molecular flexibility index (Phi) is 4.38. The number of hydrogen-bond donors (Lipinski definition) is 2. The number of nitrogens with one attached hydrogen (secondary N) is 1. The zero-order valence-corrected chi connectivity index (χ0v) is 15.8. The average molecular weight is 380 g/mol. The number of carbonyl (C=O) groups excluding carboxylic acids is 1. The lowest BCUT2D eigenvalue weighted by atomic mass is 10.1. The Hall–Kier alpha value is -3.55. The van der Waals surface area contributed by atoms with Crippen LogP contribution in [0.2, 0.25) is 0 Å². The van der Waals surface area contributed by atoms with E-state index in [1.54, 1.807) is 29.0 Å². The molecule has 0 aliphatic carbocycles. The number of aryl methyl sites for hydroxylation is 1.